The largest absolute Gasteiger partial charge is 0.490 e. The van der Waals surface area contributed by atoms with E-state index in [9.17, 15) is 20.1 Å². The van der Waals surface area contributed by atoms with Crippen LogP contribution in [-0.4, -0.2) is 170 Å². The first-order valence-electron chi connectivity index (χ1n) is 22.6. The van der Waals surface area contributed by atoms with Crippen LogP contribution >= 0.6 is 0 Å². The van der Waals surface area contributed by atoms with Crippen molar-refractivity contribution in [2.24, 2.45) is 23.7 Å². The number of rotatable bonds is 11. The number of esters is 1. The summed E-state index contributed by atoms with van der Waals surface area (Å²) in [4.78, 5) is 23.0. The van der Waals surface area contributed by atoms with Gasteiger partial charge in [-0.3, -0.25) is 9.78 Å². The van der Waals surface area contributed by atoms with Crippen molar-refractivity contribution in [1.29, 1.82) is 0 Å². The van der Waals surface area contributed by atoms with Crippen molar-refractivity contribution in [2.45, 2.75) is 153 Å². The minimum Gasteiger partial charge on any atom is -0.490 e. The van der Waals surface area contributed by atoms with E-state index in [4.69, 9.17) is 37.9 Å². The summed E-state index contributed by atoms with van der Waals surface area (Å²) in [5.74, 6) is -1.92. The predicted molar refractivity (Wildman–Crippen MR) is 238 cm³/mol. The smallest absolute Gasteiger partial charge is 0.311 e. The first-order chi connectivity index (χ1) is 29.7. The number of likely N-dealkylation sites (N-methyl/N-ethyl adjacent to an activating group) is 2. The fourth-order valence-corrected chi connectivity index (χ4v) is 9.92. The van der Waals surface area contributed by atoms with Crippen LogP contribution < -0.4 is 4.74 Å². The lowest BCUT2D eigenvalue weighted by Gasteiger charge is -2.49. The Kier molecular flexibility index (Phi) is 18.0. The van der Waals surface area contributed by atoms with Gasteiger partial charge in [0.25, 0.3) is 0 Å². The number of pyridine rings is 1. The monoisotopic (exact) mass is 888 g/mol. The standard InChI is InChI=1S/C48H77N3O12/c1-28-22-48(8,57-13)44(63-46-41(53)38(50(9)10)21-30(3)59-46)31(4)42(62-39-23-47(7,56-12)43(54)33(6)60-39)32(5)45(55)61-37(26-51(11)25-29(2)40(28)52)27-58-36-18-16-34(17-19-36)35-15-14-20-49-24-35/h14-20,24,28-33,37-44,46,52-54H,21-23,25-27H2,1-13H3/t28-,29-,30-,31+,32-,33+,37-,38+,39+,40+,41-,42+,43+,44-,46+,47-,48-/m1/s1. The minimum absolute atomic E-state index is 0.0619. The quantitative estimate of drug-likeness (QED) is 0.263. The zero-order valence-electron chi connectivity index (χ0n) is 39.9. The van der Waals surface area contributed by atoms with Gasteiger partial charge in [0.05, 0.1) is 47.6 Å². The van der Waals surface area contributed by atoms with Gasteiger partial charge in [0, 0.05) is 58.1 Å². The van der Waals surface area contributed by atoms with Crippen LogP contribution in [0, 0.1) is 23.7 Å². The lowest BCUT2D eigenvalue weighted by Crippen LogP contribution is -2.61. The minimum atomic E-state index is -1.10. The Balaban J connectivity index is 1.54. The number of aliphatic hydroxyl groups is 3. The third-order valence-corrected chi connectivity index (χ3v) is 13.8. The number of hydrogen-bond acceptors (Lipinski definition) is 15. The van der Waals surface area contributed by atoms with Crippen molar-refractivity contribution in [2.75, 3.05) is 55.1 Å². The Morgan fingerprint density at radius 3 is 2.16 bits per heavy atom. The molecule has 1 aromatic carbocycles. The molecule has 2 aromatic rings. The van der Waals surface area contributed by atoms with Gasteiger partial charge in [0.15, 0.2) is 12.6 Å². The number of aromatic nitrogens is 1. The Morgan fingerprint density at radius 2 is 1.54 bits per heavy atom. The molecule has 3 aliphatic rings. The summed E-state index contributed by atoms with van der Waals surface area (Å²) in [5.41, 5.74) is -0.132. The topological polar surface area (TPSA) is 171 Å². The number of aliphatic hydroxyl groups excluding tert-OH is 3. The van der Waals surface area contributed by atoms with Gasteiger partial charge in [-0.2, -0.15) is 0 Å². The van der Waals surface area contributed by atoms with Gasteiger partial charge < -0.3 is 63.0 Å². The van der Waals surface area contributed by atoms with E-state index in [1.807, 2.05) is 109 Å². The van der Waals surface area contributed by atoms with Crippen molar-refractivity contribution in [3.05, 3.63) is 48.8 Å². The number of carbonyl (C=O) groups excluding carboxylic acids is 1. The van der Waals surface area contributed by atoms with Crippen LogP contribution in [0.1, 0.15) is 74.7 Å². The van der Waals surface area contributed by atoms with Gasteiger partial charge >= 0.3 is 5.97 Å². The third-order valence-electron chi connectivity index (χ3n) is 13.8. The third kappa shape index (κ3) is 12.6. The Labute approximate surface area is 375 Å². The second kappa shape index (κ2) is 22.1. The van der Waals surface area contributed by atoms with Gasteiger partial charge in [-0.25, -0.2) is 0 Å². The molecule has 15 heteroatoms. The zero-order chi connectivity index (χ0) is 46.4. The van der Waals surface area contributed by atoms with E-state index in [0.717, 1.165) is 11.1 Å². The summed E-state index contributed by atoms with van der Waals surface area (Å²) in [6.45, 7) is 16.1. The van der Waals surface area contributed by atoms with Crippen molar-refractivity contribution in [3.63, 3.8) is 0 Å². The Morgan fingerprint density at radius 1 is 0.857 bits per heavy atom. The van der Waals surface area contributed by atoms with E-state index in [1.165, 1.54) is 0 Å². The van der Waals surface area contributed by atoms with E-state index < -0.39 is 84.3 Å². The first-order valence-corrected chi connectivity index (χ1v) is 22.6. The molecule has 0 aliphatic carbocycles. The lowest BCUT2D eigenvalue weighted by molar-refractivity contribution is -0.319. The van der Waals surface area contributed by atoms with E-state index in [2.05, 4.69) is 4.98 Å². The van der Waals surface area contributed by atoms with E-state index in [-0.39, 0.29) is 37.0 Å². The molecule has 15 nitrogen and oxygen atoms in total. The van der Waals surface area contributed by atoms with E-state index in [1.54, 1.807) is 40.5 Å². The molecule has 3 N–H and O–H groups in total. The number of cyclic esters (lactones) is 1. The number of benzene rings is 1. The fourth-order valence-electron chi connectivity index (χ4n) is 9.92. The molecule has 0 radical (unpaired) electrons. The molecule has 356 valence electrons. The summed E-state index contributed by atoms with van der Waals surface area (Å²) in [7, 11) is 8.93. The highest BCUT2D eigenvalue weighted by molar-refractivity contribution is 5.73. The Hall–Kier alpha value is -2.80. The zero-order valence-corrected chi connectivity index (χ0v) is 39.9. The predicted octanol–water partition coefficient (Wildman–Crippen LogP) is 4.78. The highest BCUT2D eigenvalue weighted by Crippen LogP contribution is 2.41. The van der Waals surface area contributed by atoms with Crippen LogP contribution in [-0.2, 0) is 38.0 Å². The summed E-state index contributed by atoms with van der Waals surface area (Å²) >= 11 is 0. The molecular formula is C48H77N3O12. The van der Waals surface area contributed by atoms with Gasteiger partial charge in [0.2, 0.25) is 0 Å². The van der Waals surface area contributed by atoms with Crippen molar-refractivity contribution >= 4 is 5.97 Å². The summed E-state index contributed by atoms with van der Waals surface area (Å²) in [5, 5.41) is 34.8. The lowest BCUT2D eigenvalue weighted by atomic mass is 9.75. The van der Waals surface area contributed by atoms with Crippen LogP contribution in [0.3, 0.4) is 0 Å². The van der Waals surface area contributed by atoms with Crippen LogP contribution in [0.4, 0.5) is 0 Å². The van der Waals surface area contributed by atoms with Crippen LogP contribution in [0.2, 0.25) is 0 Å². The molecule has 0 spiro atoms. The summed E-state index contributed by atoms with van der Waals surface area (Å²) in [6.07, 6.45) is -3.38. The van der Waals surface area contributed by atoms with Gasteiger partial charge in [-0.1, -0.05) is 39.0 Å². The van der Waals surface area contributed by atoms with Crippen LogP contribution in [0.5, 0.6) is 5.75 Å². The van der Waals surface area contributed by atoms with E-state index in [0.29, 0.717) is 31.7 Å². The molecule has 5 rings (SSSR count). The number of hydrogen-bond donors (Lipinski definition) is 3. The molecular weight excluding hydrogens is 811 g/mol. The maximum Gasteiger partial charge on any atom is 0.311 e. The van der Waals surface area contributed by atoms with Crippen molar-refractivity contribution < 1.29 is 58.0 Å². The molecule has 0 saturated carbocycles. The molecule has 3 fully saturated rings. The average molecular weight is 888 g/mol. The molecule has 63 heavy (non-hydrogen) atoms. The number of carbonyl (C=O) groups is 1. The normalized spacial score (nSPS) is 40.5. The second-order valence-corrected chi connectivity index (χ2v) is 19.3. The maximum absolute atomic E-state index is 14.7. The van der Waals surface area contributed by atoms with Crippen LogP contribution in [0.15, 0.2) is 48.8 Å². The molecule has 3 aliphatic heterocycles. The maximum atomic E-state index is 14.7. The first kappa shape index (κ1) is 51.2. The summed E-state index contributed by atoms with van der Waals surface area (Å²) in [6, 6.07) is 11.3. The summed E-state index contributed by atoms with van der Waals surface area (Å²) < 4.78 is 51.5. The molecule has 0 amide bonds. The fraction of sp³-hybridized carbons (Fsp3) is 0.750. The second-order valence-electron chi connectivity index (χ2n) is 19.3. The molecule has 0 unspecified atom stereocenters. The average Bonchev–Trinajstić information content (AvgIpc) is 3.25. The van der Waals surface area contributed by atoms with Gasteiger partial charge in [-0.05, 0) is 110 Å². The van der Waals surface area contributed by atoms with E-state index >= 15 is 0 Å². The highest BCUT2D eigenvalue weighted by atomic mass is 16.7. The number of ether oxygens (including phenoxy) is 8. The van der Waals surface area contributed by atoms with Gasteiger partial charge in [0.1, 0.15) is 30.7 Å². The highest BCUT2D eigenvalue weighted by Gasteiger charge is 2.52. The number of methoxy groups -OCH3 is 2. The molecule has 3 saturated heterocycles. The molecule has 1 aromatic heterocycles. The van der Waals surface area contributed by atoms with Crippen molar-refractivity contribution in [1.82, 2.24) is 14.8 Å². The van der Waals surface area contributed by atoms with Crippen LogP contribution in [0.25, 0.3) is 11.1 Å². The van der Waals surface area contributed by atoms with Gasteiger partial charge in [-0.15, -0.1) is 0 Å². The Bertz CT molecular complexity index is 1710. The molecule has 4 heterocycles. The molecule has 0 bridgehead atoms. The molecule has 17 atom stereocenters. The SMILES string of the molecule is CO[C@]1(C)C[C@@H](C)[C@H](O)[C@H](C)CN(C)C[C@H](COc2ccc(-c3cccnc3)cc2)OC(=O)[C@H](C)[C@@H](O[C@H]2C[C@@](C)(OC)[C@@H](O)[C@H](C)O2)[C@H](C)[C@H]1O[C@@H]1O[C@H](C)C[C@H](N(C)C)[C@H]1O. The number of nitrogens with zero attached hydrogens (tertiary/aromatic N) is 3. The van der Waals surface area contributed by atoms with Crippen molar-refractivity contribution in [3.8, 4) is 16.9 Å².